The summed E-state index contributed by atoms with van der Waals surface area (Å²) in [7, 11) is 0. The third kappa shape index (κ3) is 29.9. The summed E-state index contributed by atoms with van der Waals surface area (Å²) in [6.07, 6.45) is 23.6. The fourth-order valence-electron chi connectivity index (χ4n) is 2.88. The van der Waals surface area contributed by atoms with E-state index in [1.807, 2.05) is 6.92 Å². The van der Waals surface area contributed by atoms with Gasteiger partial charge in [0, 0.05) is 5.57 Å². The van der Waals surface area contributed by atoms with Crippen LogP contribution in [-0.2, 0) is 9.53 Å². The summed E-state index contributed by atoms with van der Waals surface area (Å²) in [4.78, 5) is 11.0. The first-order valence-corrected chi connectivity index (χ1v) is 12.1. The molecule has 0 aliphatic heterocycles. The third-order valence-corrected chi connectivity index (χ3v) is 5.04. The number of halogens is 1. The Labute approximate surface area is 193 Å². The molecule has 0 saturated carbocycles. The average Bonchev–Trinajstić information content (AvgIpc) is 2.71. The van der Waals surface area contributed by atoms with Gasteiger partial charge in [-0.15, -0.1) is 17.0 Å². The van der Waals surface area contributed by atoms with E-state index in [9.17, 15) is 4.79 Å². The Morgan fingerprint density at radius 2 is 1.10 bits per heavy atom. The highest BCUT2D eigenvalue weighted by atomic mass is 79.9. The molecule has 0 heterocycles. The summed E-state index contributed by atoms with van der Waals surface area (Å²) in [5, 5.41) is 0. The molecule has 0 amide bonds. The lowest BCUT2D eigenvalue weighted by atomic mass is 10.0. The fourth-order valence-corrected chi connectivity index (χ4v) is 2.88. The van der Waals surface area contributed by atoms with Crippen LogP contribution in [-0.4, -0.2) is 19.1 Å². The molecule has 0 bridgehead atoms. The highest BCUT2D eigenvalue weighted by molar-refractivity contribution is 8.93. The standard InChI is InChI=1S/C16H35N.C9H16O2.BrH/c1-2-3-4-5-6-7-8-9-10-11-12-13-14-15-16-17;1-4-6-7-11-9(10)8(3)5-2;/h2-17H2,1H3;5H,4,6-7H2,1-3H3;1H. The van der Waals surface area contributed by atoms with Crippen LogP contribution in [0, 0.1) is 0 Å². The Bertz CT molecular complexity index is 332. The minimum absolute atomic E-state index is 0. The third-order valence-electron chi connectivity index (χ3n) is 5.04. The van der Waals surface area contributed by atoms with Crippen molar-refractivity contribution in [1.82, 2.24) is 0 Å². The highest BCUT2D eigenvalue weighted by Gasteiger charge is 2.02. The number of hydrogen-bond donors (Lipinski definition) is 1. The van der Waals surface area contributed by atoms with Gasteiger partial charge in [-0.05, 0) is 33.2 Å². The number of ether oxygens (including phenoxy) is 1. The number of carbonyl (C=O) groups is 1. The number of esters is 1. The quantitative estimate of drug-likeness (QED) is 0.122. The lowest BCUT2D eigenvalue weighted by Gasteiger charge is -2.02. The molecule has 0 aromatic rings. The van der Waals surface area contributed by atoms with Gasteiger partial charge in [-0.1, -0.05) is 110 Å². The summed E-state index contributed by atoms with van der Waals surface area (Å²) in [6.45, 7) is 9.35. The molecular weight excluding hydrogens is 426 g/mol. The summed E-state index contributed by atoms with van der Waals surface area (Å²) < 4.78 is 4.93. The van der Waals surface area contributed by atoms with Gasteiger partial charge in [0.2, 0.25) is 0 Å². The zero-order valence-electron chi connectivity index (χ0n) is 20.1. The Balaban J connectivity index is -0.000000491. The molecule has 29 heavy (non-hydrogen) atoms. The van der Waals surface area contributed by atoms with E-state index in [1.165, 1.54) is 89.9 Å². The van der Waals surface area contributed by atoms with Gasteiger partial charge in [0.1, 0.15) is 0 Å². The van der Waals surface area contributed by atoms with E-state index < -0.39 is 0 Å². The van der Waals surface area contributed by atoms with Gasteiger partial charge in [-0.25, -0.2) is 4.79 Å². The highest BCUT2D eigenvalue weighted by Crippen LogP contribution is 2.12. The van der Waals surface area contributed by atoms with Crippen LogP contribution in [0.4, 0.5) is 0 Å². The summed E-state index contributed by atoms with van der Waals surface area (Å²) >= 11 is 0. The van der Waals surface area contributed by atoms with Gasteiger partial charge in [-0.2, -0.15) is 0 Å². The lowest BCUT2D eigenvalue weighted by Crippen LogP contribution is -2.06. The predicted octanol–water partition coefficient (Wildman–Crippen LogP) is 8.30. The first-order valence-electron chi connectivity index (χ1n) is 12.1. The molecule has 0 saturated heterocycles. The van der Waals surface area contributed by atoms with E-state index in [0.29, 0.717) is 12.2 Å². The molecule has 0 unspecified atom stereocenters. The summed E-state index contributed by atoms with van der Waals surface area (Å²) in [6, 6.07) is 0. The van der Waals surface area contributed by atoms with Gasteiger partial charge >= 0.3 is 5.97 Å². The first kappa shape index (κ1) is 33.3. The fraction of sp³-hybridized carbons (Fsp3) is 0.880. The molecule has 0 aliphatic rings. The van der Waals surface area contributed by atoms with E-state index >= 15 is 0 Å². The number of rotatable bonds is 18. The predicted molar refractivity (Wildman–Crippen MR) is 135 cm³/mol. The Morgan fingerprint density at radius 1 is 0.724 bits per heavy atom. The molecule has 0 atom stereocenters. The molecule has 0 radical (unpaired) electrons. The molecule has 4 heteroatoms. The normalized spacial score (nSPS) is 10.7. The van der Waals surface area contributed by atoms with Crippen LogP contribution < -0.4 is 5.73 Å². The first-order chi connectivity index (χ1) is 13.6. The van der Waals surface area contributed by atoms with Crippen molar-refractivity contribution in [3.05, 3.63) is 11.6 Å². The second-order valence-corrected chi connectivity index (χ2v) is 7.85. The minimum Gasteiger partial charge on any atom is -0.462 e. The van der Waals surface area contributed by atoms with E-state index in [2.05, 4.69) is 13.8 Å². The molecule has 0 aliphatic carbocycles. The molecule has 0 fully saturated rings. The monoisotopic (exact) mass is 477 g/mol. The number of carbonyl (C=O) groups excluding carboxylic acids is 1. The number of hydrogen-bond acceptors (Lipinski definition) is 3. The minimum atomic E-state index is -0.194. The number of allylic oxidation sites excluding steroid dienone is 1. The van der Waals surface area contributed by atoms with Gasteiger partial charge in [0.05, 0.1) is 6.61 Å². The van der Waals surface area contributed by atoms with Crippen molar-refractivity contribution in [1.29, 1.82) is 0 Å². The van der Waals surface area contributed by atoms with Crippen LogP contribution in [0.25, 0.3) is 0 Å². The molecule has 0 spiro atoms. The van der Waals surface area contributed by atoms with Gasteiger partial charge in [-0.3, -0.25) is 0 Å². The van der Waals surface area contributed by atoms with E-state index in [-0.39, 0.29) is 23.0 Å². The van der Waals surface area contributed by atoms with Crippen molar-refractivity contribution >= 4 is 23.0 Å². The lowest BCUT2D eigenvalue weighted by molar-refractivity contribution is -0.139. The largest absolute Gasteiger partial charge is 0.462 e. The van der Waals surface area contributed by atoms with Crippen LogP contribution >= 0.6 is 17.0 Å². The molecule has 0 rings (SSSR count). The topological polar surface area (TPSA) is 52.3 Å². The smallest absolute Gasteiger partial charge is 0.333 e. The Hall–Kier alpha value is -0.350. The maximum Gasteiger partial charge on any atom is 0.333 e. The SMILES string of the molecule is Br.CC=C(C)C(=O)OCCCC.CCCCCCCCCCCCCCCCN. The van der Waals surface area contributed by atoms with Crippen molar-refractivity contribution in [2.75, 3.05) is 13.2 Å². The number of unbranched alkanes of at least 4 members (excludes halogenated alkanes) is 14. The second kappa shape index (κ2) is 29.8. The molecular formula is C25H52BrNO2. The number of nitrogens with two attached hydrogens (primary N) is 1. The van der Waals surface area contributed by atoms with Crippen molar-refractivity contribution in [3.8, 4) is 0 Å². The zero-order chi connectivity index (χ0) is 21.3. The van der Waals surface area contributed by atoms with E-state index in [1.54, 1.807) is 13.0 Å². The molecule has 0 aromatic heterocycles. The Kier molecular flexibility index (Phi) is 34.3. The second-order valence-electron chi connectivity index (χ2n) is 7.85. The van der Waals surface area contributed by atoms with Crippen molar-refractivity contribution in [2.24, 2.45) is 5.73 Å². The van der Waals surface area contributed by atoms with Gasteiger partial charge in [0.25, 0.3) is 0 Å². The van der Waals surface area contributed by atoms with Gasteiger partial charge in [0.15, 0.2) is 0 Å². The molecule has 0 aromatic carbocycles. The van der Waals surface area contributed by atoms with Crippen molar-refractivity contribution in [3.63, 3.8) is 0 Å². The van der Waals surface area contributed by atoms with Crippen LogP contribution in [0.15, 0.2) is 11.6 Å². The maximum atomic E-state index is 11.0. The van der Waals surface area contributed by atoms with E-state index in [0.717, 1.165) is 19.4 Å². The van der Waals surface area contributed by atoms with E-state index in [4.69, 9.17) is 10.5 Å². The van der Waals surface area contributed by atoms with Crippen LogP contribution in [0.1, 0.15) is 130 Å². The van der Waals surface area contributed by atoms with Crippen molar-refractivity contribution < 1.29 is 9.53 Å². The molecule has 176 valence electrons. The Morgan fingerprint density at radius 3 is 1.45 bits per heavy atom. The molecule has 2 N–H and O–H groups in total. The van der Waals surface area contributed by atoms with Crippen molar-refractivity contribution in [2.45, 2.75) is 130 Å². The summed E-state index contributed by atoms with van der Waals surface area (Å²) in [5.74, 6) is -0.194. The molecule has 3 nitrogen and oxygen atoms in total. The van der Waals surface area contributed by atoms with Crippen LogP contribution in [0.5, 0.6) is 0 Å². The van der Waals surface area contributed by atoms with Crippen LogP contribution in [0.3, 0.4) is 0 Å². The van der Waals surface area contributed by atoms with Crippen LogP contribution in [0.2, 0.25) is 0 Å². The average molecular weight is 479 g/mol. The zero-order valence-corrected chi connectivity index (χ0v) is 21.8. The maximum absolute atomic E-state index is 11.0. The summed E-state index contributed by atoms with van der Waals surface area (Å²) in [5.41, 5.74) is 6.15. The van der Waals surface area contributed by atoms with Gasteiger partial charge < -0.3 is 10.5 Å².